The normalized spacial score (nSPS) is 11.5. The molecule has 3 aromatic rings. The third kappa shape index (κ3) is 3.99. The Balaban J connectivity index is 1.62. The molecule has 0 aliphatic carbocycles. The highest BCUT2D eigenvalue weighted by Gasteiger charge is 2.19. The topological polar surface area (TPSA) is 115 Å². The molecule has 0 aliphatic rings. The lowest BCUT2D eigenvalue weighted by molar-refractivity contribution is -0.115. The molecule has 0 aliphatic heterocycles. The zero-order valence-electron chi connectivity index (χ0n) is 14.2. The highest BCUT2D eigenvalue weighted by atomic mass is 32.2. The van der Waals surface area contributed by atoms with Crippen LogP contribution in [0.4, 0.5) is 6.01 Å². The summed E-state index contributed by atoms with van der Waals surface area (Å²) < 4.78 is 35.1. The molecule has 3 rings (SSSR count). The fraction of sp³-hybridized carbons (Fsp3) is 0.235. The molecular formula is C17H17N3O5S. The highest BCUT2D eigenvalue weighted by molar-refractivity contribution is 7.91. The van der Waals surface area contributed by atoms with E-state index in [0.717, 1.165) is 0 Å². The van der Waals surface area contributed by atoms with Gasteiger partial charge in [-0.1, -0.05) is 23.3 Å². The molecule has 0 saturated heterocycles. The van der Waals surface area contributed by atoms with Crippen LogP contribution in [-0.2, 0) is 14.6 Å². The van der Waals surface area contributed by atoms with E-state index < -0.39 is 15.7 Å². The van der Waals surface area contributed by atoms with Gasteiger partial charge in [0.2, 0.25) is 5.91 Å². The predicted molar refractivity (Wildman–Crippen MR) is 93.2 cm³/mol. The number of aromatic nitrogens is 2. The summed E-state index contributed by atoms with van der Waals surface area (Å²) in [5.41, 5.74) is 0.641. The maximum atomic E-state index is 12.2. The Kier molecular flexibility index (Phi) is 4.90. The predicted octanol–water partition coefficient (Wildman–Crippen LogP) is 2.75. The minimum atomic E-state index is -3.53. The largest absolute Gasteiger partial charge is 0.466 e. The number of rotatable bonds is 6. The molecule has 2 aromatic heterocycles. The second kappa shape index (κ2) is 7.12. The number of furan rings is 1. The Bertz CT molecular complexity index is 1020. The monoisotopic (exact) mass is 375 g/mol. The average molecular weight is 375 g/mol. The van der Waals surface area contributed by atoms with Crippen molar-refractivity contribution in [2.75, 3.05) is 11.1 Å². The maximum Gasteiger partial charge on any atom is 0.322 e. The standard InChI is InChI=1S/C17H17N3O5S/c1-11-10-14(12(2)24-11)16-19-20-17(25-16)18-15(21)8-9-26(22,23)13-6-4-3-5-7-13/h3-7,10H,8-9H2,1-2H3,(H,18,20,21). The number of hydrogen-bond acceptors (Lipinski definition) is 7. The molecule has 0 spiro atoms. The molecule has 1 aromatic carbocycles. The molecule has 1 N–H and O–H groups in total. The van der Waals surface area contributed by atoms with E-state index in [2.05, 4.69) is 15.5 Å². The van der Waals surface area contributed by atoms with Crippen molar-refractivity contribution >= 4 is 21.8 Å². The lowest BCUT2D eigenvalue weighted by Gasteiger charge is -2.03. The van der Waals surface area contributed by atoms with Crippen LogP contribution >= 0.6 is 0 Å². The molecule has 8 nitrogen and oxygen atoms in total. The summed E-state index contributed by atoms with van der Waals surface area (Å²) >= 11 is 0. The summed E-state index contributed by atoms with van der Waals surface area (Å²) in [6.45, 7) is 3.56. The fourth-order valence-corrected chi connectivity index (χ4v) is 3.64. The fourth-order valence-electron chi connectivity index (χ4n) is 2.38. The number of carbonyl (C=O) groups excluding carboxylic acids is 1. The number of amides is 1. The van der Waals surface area contributed by atoms with Gasteiger partial charge in [-0.15, -0.1) is 5.10 Å². The third-order valence-corrected chi connectivity index (χ3v) is 5.37. The van der Waals surface area contributed by atoms with Gasteiger partial charge in [0, 0.05) is 6.42 Å². The first-order valence-electron chi connectivity index (χ1n) is 7.84. The first kappa shape index (κ1) is 17.9. The van der Waals surface area contributed by atoms with Crippen LogP contribution in [0.2, 0.25) is 0 Å². The Morgan fingerprint density at radius 3 is 2.50 bits per heavy atom. The van der Waals surface area contributed by atoms with Gasteiger partial charge in [0.15, 0.2) is 9.84 Å². The number of sulfone groups is 1. The maximum absolute atomic E-state index is 12.2. The molecule has 0 bridgehead atoms. The molecule has 0 unspecified atom stereocenters. The van der Waals surface area contributed by atoms with Gasteiger partial charge in [-0.25, -0.2) is 8.42 Å². The molecular weight excluding hydrogens is 358 g/mol. The van der Waals surface area contributed by atoms with Crippen molar-refractivity contribution in [1.82, 2.24) is 10.2 Å². The number of nitrogens with zero attached hydrogens (tertiary/aromatic N) is 2. The minimum Gasteiger partial charge on any atom is -0.466 e. The van der Waals surface area contributed by atoms with E-state index in [0.29, 0.717) is 17.1 Å². The number of carbonyl (C=O) groups is 1. The Labute approximate surface area is 150 Å². The number of hydrogen-bond donors (Lipinski definition) is 1. The zero-order valence-corrected chi connectivity index (χ0v) is 15.0. The van der Waals surface area contributed by atoms with E-state index >= 15 is 0 Å². The molecule has 0 fully saturated rings. The van der Waals surface area contributed by atoms with E-state index in [1.807, 2.05) is 0 Å². The molecule has 26 heavy (non-hydrogen) atoms. The van der Waals surface area contributed by atoms with Crippen LogP contribution in [0.25, 0.3) is 11.5 Å². The van der Waals surface area contributed by atoms with E-state index in [1.54, 1.807) is 38.1 Å². The molecule has 0 radical (unpaired) electrons. The van der Waals surface area contributed by atoms with Crippen LogP contribution in [0.3, 0.4) is 0 Å². The number of benzene rings is 1. The van der Waals surface area contributed by atoms with Crippen molar-refractivity contribution in [2.45, 2.75) is 25.2 Å². The van der Waals surface area contributed by atoms with E-state index in [9.17, 15) is 13.2 Å². The summed E-state index contributed by atoms with van der Waals surface area (Å²) in [5, 5.41) is 10.0. The van der Waals surface area contributed by atoms with Crippen molar-refractivity contribution in [3.8, 4) is 11.5 Å². The lowest BCUT2D eigenvalue weighted by atomic mass is 10.2. The molecule has 9 heteroatoms. The van der Waals surface area contributed by atoms with Crippen LogP contribution < -0.4 is 5.32 Å². The van der Waals surface area contributed by atoms with Crippen LogP contribution in [0.5, 0.6) is 0 Å². The Morgan fingerprint density at radius 1 is 1.12 bits per heavy atom. The Hall–Kier alpha value is -2.94. The van der Waals surface area contributed by atoms with Gasteiger partial charge in [0.25, 0.3) is 5.89 Å². The van der Waals surface area contributed by atoms with Gasteiger partial charge in [-0.2, -0.15) is 0 Å². The Morgan fingerprint density at radius 2 is 1.85 bits per heavy atom. The third-order valence-electron chi connectivity index (χ3n) is 3.64. The molecule has 1 amide bonds. The van der Waals surface area contributed by atoms with Gasteiger partial charge in [-0.3, -0.25) is 10.1 Å². The summed E-state index contributed by atoms with van der Waals surface area (Å²) in [6, 6.07) is 9.63. The van der Waals surface area contributed by atoms with Crippen molar-refractivity contribution < 1.29 is 22.0 Å². The lowest BCUT2D eigenvalue weighted by Crippen LogP contribution is -2.17. The minimum absolute atomic E-state index is 0.0969. The van der Waals surface area contributed by atoms with Gasteiger partial charge in [0.05, 0.1) is 16.2 Å². The second-order valence-corrected chi connectivity index (χ2v) is 7.78. The van der Waals surface area contributed by atoms with Crippen molar-refractivity contribution in [1.29, 1.82) is 0 Å². The summed E-state index contributed by atoms with van der Waals surface area (Å²) in [5.74, 6) is 0.695. The van der Waals surface area contributed by atoms with Crippen LogP contribution in [0.15, 0.2) is 50.1 Å². The molecule has 0 atom stereocenters. The SMILES string of the molecule is Cc1cc(-c2nnc(NC(=O)CCS(=O)(=O)c3ccccc3)o2)c(C)o1. The number of aryl methyl sites for hydroxylation is 2. The van der Waals surface area contributed by atoms with Crippen molar-refractivity contribution in [3.05, 3.63) is 47.9 Å². The van der Waals surface area contributed by atoms with Gasteiger partial charge >= 0.3 is 6.01 Å². The van der Waals surface area contributed by atoms with Crippen LogP contribution in [-0.4, -0.2) is 30.3 Å². The summed E-state index contributed by atoms with van der Waals surface area (Å²) in [6.07, 6.45) is -0.223. The van der Waals surface area contributed by atoms with E-state index in [4.69, 9.17) is 8.83 Å². The molecule has 0 saturated carbocycles. The van der Waals surface area contributed by atoms with Crippen molar-refractivity contribution in [3.63, 3.8) is 0 Å². The van der Waals surface area contributed by atoms with E-state index in [-0.39, 0.29) is 29.0 Å². The molecule has 2 heterocycles. The number of anilines is 1. The van der Waals surface area contributed by atoms with E-state index in [1.165, 1.54) is 12.1 Å². The quantitative estimate of drug-likeness (QED) is 0.704. The zero-order chi connectivity index (χ0) is 18.7. The highest BCUT2D eigenvalue weighted by Crippen LogP contribution is 2.26. The second-order valence-electron chi connectivity index (χ2n) is 5.67. The van der Waals surface area contributed by atoms with Gasteiger partial charge < -0.3 is 8.83 Å². The van der Waals surface area contributed by atoms with Crippen molar-refractivity contribution in [2.24, 2.45) is 0 Å². The first-order chi connectivity index (χ1) is 12.3. The average Bonchev–Trinajstić information content (AvgIpc) is 3.19. The van der Waals surface area contributed by atoms with Gasteiger partial charge in [0.1, 0.15) is 11.5 Å². The smallest absolute Gasteiger partial charge is 0.322 e. The summed E-state index contributed by atoms with van der Waals surface area (Å²) in [4.78, 5) is 12.2. The van der Waals surface area contributed by atoms with Crippen LogP contribution in [0.1, 0.15) is 17.9 Å². The van der Waals surface area contributed by atoms with Crippen LogP contribution in [0, 0.1) is 13.8 Å². The van der Waals surface area contributed by atoms with Gasteiger partial charge in [-0.05, 0) is 32.0 Å². The molecule has 136 valence electrons. The summed E-state index contributed by atoms with van der Waals surface area (Å²) in [7, 11) is -3.53. The number of nitrogens with one attached hydrogen (secondary N) is 1. The first-order valence-corrected chi connectivity index (χ1v) is 9.49.